The van der Waals surface area contributed by atoms with Gasteiger partial charge in [0, 0.05) is 12.0 Å². The molecule has 0 aromatic heterocycles. The Kier molecular flexibility index (Phi) is 4.02. The Morgan fingerprint density at radius 2 is 1.74 bits per heavy atom. The van der Waals surface area contributed by atoms with E-state index in [-0.39, 0.29) is 17.8 Å². The van der Waals surface area contributed by atoms with E-state index < -0.39 is 11.4 Å². The van der Waals surface area contributed by atoms with Crippen LogP contribution in [0.25, 0.3) is 0 Å². The molecule has 0 saturated carbocycles. The van der Waals surface area contributed by atoms with E-state index in [1.165, 1.54) is 12.1 Å². The molecule has 0 aliphatic heterocycles. The molecule has 2 aromatic carbocycles. The van der Waals surface area contributed by atoms with Crippen LogP contribution in [-0.2, 0) is 12.0 Å². The molecule has 1 unspecified atom stereocenters. The molecule has 4 heteroatoms. The first-order valence-electron chi connectivity index (χ1n) is 5.81. The normalized spacial score (nSPS) is 14.2. The maximum Gasteiger partial charge on any atom is 0.143 e. The zero-order valence-corrected chi connectivity index (χ0v) is 11.9. The molecule has 0 spiro atoms. The van der Waals surface area contributed by atoms with E-state index >= 15 is 0 Å². The topological polar surface area (TPSA) is 20.2 Å². The maximum absolute atomic E-state index is 14.0. The number of aliphatic hydroxyl groups is 1. The van der Waals surface area contributed by atoms with Gasteiger partial charge in [-0.2, -0.15) is 0 Å². The van der Waals surface area contributed by atoms with E-state index in [0.29, 0.717) is 4.47 Å². The predicted molar refractivity (Wildman–Crippen MR) is 73.8 cm³/mol. The molecule has 0 bridgehead atoms. The van der Waals surface area contributed by atoms with Gasteiger partial charge in [0.05, 0.1) is 10.1 Å². The lowest BCUT2D eigenvalue weighted by Gasteiger charge is -2.25. The van der Waals surface area contributed by atoms with E-state index in [1.807, 2.05) is 0 Å². The van der Waals surface area contributed by atoms with Crippen LogP contribution >= 0.6 is 15.9 Å². The summed E-state index contributed by atoms with van der Waals surface area (Å²) in [5.41, 5.74) is -0.400. The monoisotopic (exact) mass is 326 g/mol. The van der Waals surface area contributed by atoms with E-state index in [9.17, 15) is 13.9 Å². The Hall–Kier alpha value is -1.26. The molecule has 2 aromatic rings. The lowest BCUT2D eigenvalue weighted by atomic mass is 9.89. The number of rotatable bonds is 3. The van der Waals surface area contributed by atoms with E-state index in [0.717, 1.165) is 5.56 Å². The first-order chi connectivity index (χ1) is 8.90. The molecule has 1 atom stereocenters. The van der Waals surface area contributed by atoms with Crippen molar-refractivity contribution >= 4 is 15.9 Å². The average molecular weight is 327 g/mol. The van der Waals surface area contributed by atoms with Crippen molar-refractivity contribution in [3.63, 3.8) is 0 Å². The van der Waals surface area contributed by atoms with E-state index in [1.54, 1.807) is 37.3 Å². The van der Waals surface area contributed by atoms with Crippen molar-refractivity contribution in [1.82, 2.24) is 0 Å². The summed E-state index contributed by atoms with van der Waals surface area (Å²) < 4.78 is 27.1. The number of hydrogen-bond donors (Lipinski definition) is 1. The fraction of sp³-hybridized carbons (Fsp3) is 0.200. The Morgan fingerprint density at radius 1 is 1.11 bits per heavy atom. The molecule has 0 fully saturated rings. The number of benzene rings is 2. The third kappa shape index (κ3) is 3.19. The Balaban J connectivity index is 2.31. The quantitative estimate of drug-likeness (QED) is 0.897. The smallest absolute Gasteiger partial charge is 0.143 e. The Morgan fingerprint density at radius 3 is 2.37 bits per heavy atom. The standard InChI is InChI=1S/C15H13BrF2O/c1-15(19,9-10-5-7-11(17)8-6-10)12-3-2-4-13(16)14(12)18/h2-8,19H,9H2,1H3. The van der Waals surface area contributed by atoms with Crippen molar-refractivity contribution in [2.75, 3.05) is 0 Å². The van der Waals surface area contributed by atoms with Crippen LogP contribution in [0.4, 0.5) is 8.78 Å². The van der Waals surface area contributed by atoms with Crippen molar-refractivity contribution in [3.8, 4) is 0 Å². The van der Waals surface area contributed by atoms with Gasteiger partial charge in [-0.05, 0) is 46.6 Å². The molecule has 0 saturated heterocycles. The molecule has 1 nitrogen and oxygen atoms in total. The minimum absolute atomic E-state index is 0.209. The Bertz CT molecular complexity index is 579. The third-order valence-corrected chi connectivity index (χ3v) is 3.61. The minimum Gasteiger partial charge on any atom is -0.385 e. The van der Waals surface area contributed by atoms with E-state index in [2.05, 4.69) is 15.9 Å². The number of hydrogen-bond acceptors (Lipinski definition) is 1. The molecule has 19 heavy (non-hydrogen) atoms. The van der Waals surface area contributed by atoms with Crippen molar-refractivity contribution in [1.29, 1.82) is 0 Å². The van der Waals surface area contributed by atoms with Gasteiger partial charge in [-0.1, -0.05) is 24.3 Å². The van der Waals surface area contributed by atoms with Crippen LogP contribution in [0, 0.1) is 11.6 Å². The van der Waals surface area contributed by atoms with Crippen LogP contribution in [0.15, 0.2) is 46.9 Å². The highest BCUT2D eigenvalue weighted by Crippen LogP contribution is 2.30. The third-order valence-electron chi connectivity index (χ3n) is 2.99. The molecular formula is C15H13BrF2O. The molecule has 0 aliphatic carbocycles. The molecule has 1 N–H and O–H groups in total. The first kappa shape index (κ1) is 14.2. The summed E-state index contributed by atoms with van der Waals surface area (Å²) in [6.07, 6.45) is 0.209. The van der Waals surface area contributed by atoms with Crippen LogP contribution < -0.4 is 0 Å². The SMILES string of the molecule is CC(O)(Cc1ccc(F)cc1)c1cccc(Br)c1F. The molecule has 0 heterocycles. The van der Waals surface area contributed by atoms with Crippen LogP contribution in [0.1, 0.15) is 18.1 Å². The fourth-order valence-corrected chi connectivity index (χ4v) is 2.38. The molecule has 2 rings (SSSR count). The van der Waals surface area contributed by atoms with Crippen LogP contribution in [0.5, 0.6) is 0 Å². The highest BCUT2D eigenvalue weighted by molar-refractivity contribution is 9.10. The second kappa shape index (κ2) is 5.39. The van der Waals surface area contributed by atoms with E-state index in [4.69, 9.17) is 0 Å². The van der Waals surface area contributed by atoms with Crippen molar-refractivity contribution < 1.29 is 13.9 Å². The van der Waals surface area contributed by atoms with Crippen molar-refractivity contribution in [2.45, 2.75) is 18.9 Å². The molecule has 0 amide bonds. The first-order valence-corrected chi connectivity index (χ1v) is 6.61. The van der Waals surface area contributed by atoms with Gasteiger partial charge < -0.3 is 5.11 Å². The lowest BCUT2D eigenvalue weighted by Crippen LogP contribution is -2.25. The fourth-order valence-electron chi connectivity index (χ4n) is 2.01. The zero-order valence-electron chi connectivity index (χ0n) is 10.3. The molecule has 0 aliphatic rings. The van der Waals surface area contributed by atoms with Gasteiger partial charge >= 0.3 is 0 Å². The van der Waals surface area contributed by atoms with Gasteiger partial charge in [-0.15, -0.1) is 0 Å². The van der Waals surface area contributed by atoms with Gasteiger partial charge in [0.2, 0.25) is 0 Å². The van der Waals surface area contributed by atoms with Crippen molar-refractivity contribution in [3.05, 3.63) is 69.7 Å². The lowest BCUT2D eigenvalue weighted by molar-refractivity contribution is 0.0536. The second-order valence-corrected chi connectivity index (χ2v) is 5.53. The van der Waals surface area contributed by atoms with Crippen LogP contribution in [0.3, 0.4) is 0 Å². The maximum atomic E-state index is 14.0. The number of halogens is 3. The largest absolute Gasteiger partial charge is 0.385 e. The summed E-state index contributed by atoms with van der Waals surface area (Å²) >= 11 is 3.10. The summed E-state index contributed by atoms with van der Waals surface area (Å²) in [6.45, 7) is 1.54. The van der Waals surface area contributed by atoms with Crippen LogP contribution in [-0.4, -0.2) is 5.11 Å². The zero-order chi connectivity index (χ0) is 14.0. The molecule has 0 radical (unpaired) electrons. The summed E-state index contributed by atoms with van der Waals surface area (Å²) in [6, 6.07) is 10.6. The molecular weight excluding hydrogens is 314 g/mol. The summed E-state index contributed by atoms with van der Waals surface area (Å²) in [5, 5.41) is 10.5. The van der Waals surface area contributed by atoms with Gasteiger partial charge in [-0.25, -0.2) is 8.78 Å². The molecule has 100 valence electrons. The summed E-state index contributed by atoms with van der Waals surface area (Å²) in [7, 11) is 0. The average Bonchev–Trinajstić information content (AvgIpc) is 2.35. The minimum atomic E-state index is -1.36. The predicted octanol–water partition coefficient (Wildman–Crippen LogP) is 4.18. The highest BCUT2D eigenvalue weighted by atomic mass is 79.9. The summed E-state index contributed by atoms with van der Waals surface area (Å²) in [4.78, 5) is 0. The van der Waals surface area contributed by atoms with Gasteiger partial charge in [-0.3, -0.25) is 0 Å². The van der Waals surface area contributed by atoms with Gasteiger partial charge in [0.25, 0.3) is 0 Å². The van der Waals surface area contributed by atoms with Crippen molar-refractivity contribution in [2.24, 2.45) is 0 Å². The second-order valence-electron chi connectivity index (χ2n) is 4.68. The summed E-state index contributed by atoms with van der Waals surface area (Å²) in [5.74, 6) is -0.813. The Labute approximate surface area is 119 Å². The highest BCUT2D eigenvalue weighted by Gasteiger charge is 2.27. The van der Waals surface area contributed by atoms with Gasteiger partial charge in [0.1, 0.15) is 11.6 Å². The van der Waals surface area contributed by atoms with Gasteiger partial charge in [0.15, 0.2) is 0 Å². The van der Waals surface area contributed by atoms with Crippen LogP contribution in [0.2, 0.25) is 0 Å².